The fourth-order valence-electron chi connectivity index (χ4n) is 3.31. The number of rotatable bonds is 7. The summed E-state index contributed by atoms with van der Waals surface area (Å²) in [6.07, 6.45) is 7.96. The van der Waals surface area contributed by atoms with Crippen molar-refractivity contribution in [1.29, 1.82) is 0 Å². The standard InChI is InChI=1S/C18H28N2O3S/c1-24(22,23)20(17-11-7-2-3-8-12-17)14-13-19-18(21)15-16-9-5-4-6-10-16/h4-6,9-10,17H,2-3,7-8,11-15H2,1H3,(H,19,21). The third-order valence-electron chi connectivity index (χ3n) is 4.52. The fourth-order valence-corrected chi connectivity index (χ4v) is 4.49. The van der Waals surface area contributed by atoms with E-state index in [1.165, 1.54) is 19.1 Å². The van der Waals surface area contributed by atoms with Gasteiger partial charge in [0.2, 0.25) is 15.9 Å². The zero-order valence-corrected chi connectivity index (χ0v) is 15.2. The highest BCUT2D eigenvalue weighted by atomic mass is 32.2. The molecule has 0 saturated heterocycles. The Morgan fingerprint density at radius 1 is 1.12 bits per heavy atom. The molecule has 1 N–H and O–H groups in total. The Bertz CT molecular complexity index is 608. The lowest BCUT2D eigenvalue weighted by atomic mass is 10.1. The zero-order valence-electron chi connectivity index (χ0n) is 14.4. The van der Waals surface area contributed by atoms with Crippen LogP contribution in [0.25, 0.3) is 0 Å². The van der Waals surface area contributed by atoms with Gasteiger partial charge in [0.1, 0.15) is 0 Å². The molecular weight excluding hydrogens is 324 g/mol. The van der Waals surface area contributed by atoms with Crippen LogP contribution >= 0.6 is 0 Å². The van der Waals surface area contributed by atoms with Crippen molar-refractivity contribution in [3.05, 3.63) is 35.9 Å². The molecule has 1 amide bonds. The minimum atomic E-state index is -3.26. The molecular formula is C18H28N2O3S. The highest BCUT2D eigenvalue weighted by molar-refractivity contribution is 7.88. The Kier molecular flexibility index (Phi) is 7.24. The molecule has 2 rings (SSSR count). The van der Waals surface area contributed by atoms with Gasteiger partial charge in [-0.15, -0.1) is 0 Å². The summed E-state index contributed by atoms with van der Waals surface area (Å²) in [6, 6.07) is 9.62. The van der Waals surface area contributed by atoms with Gasteiger partial charge in [-0.2, -0.15) is 4.31 Å². The van der Waals surface area contributed by atoms with Gasteiger partial charge in [-0.25, -0.2) is 8.42 Å². The van der Waals surface area contributed by atoms with Gasteiger partial charge in [0.05, 0.1) is 12.7 Å². The molecule has 0 aliphatic heterocycles. The second-order valence-corrected chi connectivity index (χ2v) is 8.47. The molecule has 0 bridgehead atoms. The molecule has 0 unspecified atom stereocenters. The van der Waals surface area contributed by atoms with E-state index in [4.69, 9.17) is 0 Å². The lowest BCUT2D eigenvalue weighted by Gasteiger charge is -2.29. The van der Waals surface area contributed by atoms with E-state index in [-0.39, 0.29) is 11.9 Å². The Morgan fingerprint density at radius 2 is 1.75 bits per heavy atom. The van der Waals surface area contributed by atoms with Crippen LogP contribution in [0.5, 0.6) is 0 Å². The third-order valence-corrected chi connectivity index (χ3v) is 5.85. The van der Waals surface area contributed by atoms with Crippen molar-refractivity contribution < 1.29 is 13.2 Å². The van der Waals surface area contributed by atoms with Gasteiger partial charge in [0.25, 0.3) is 0 Å². The molecule has 0 aromatic heterocycles. The van der Waals surface area contributed by atoms with E-state index in [1.54, 1.807) is 4.31 Å². The number of amides is 1. The average molecular weight is 353 g/mol. The molecule has 24 heavy (non-hydrogen) atoms. The molecule has 1 aliphatic carbocycles. The molecule has 134 valence electrons. The molecule has 6 heteroatoms. The Morgan fingerprint density at radius 3 is 2.33 bits per heavy atom. The first-order valence-electron chi connectivity index (χ1n) is 8.74. The van der Waals surface area contributed by atoms with E-state index in [9.17, 15) is 13.2 Å². The molecule has 1 aliphatic rings. The predicted molar refractivity (Wildman–Crippen MR) is 96.2 cm³/mol. The third kappa shape index (κ3) is 6.24. The number of carbonyl (C=O) groups is 1. The van der Waals surface area contributed by atoms with Crippen LogP contribution in [0.4, 0.5) is 0 Å². The van der Waals surface area contributed by atoms with Crippen molar-refractivity contribution >= 4 is 15.9 Å². The first-order valence-corrected chi connectivity index (χ1v) is 10.6. The van der Waals surface area contributed by atoms with Gasteiger partial charge in [-0.3, -0.25) is 4.79 Å². The fraction of sp³-hybridized carbons (Fsp3) is 0.611. The molecule has 1 fully saturated rings. The second kappa shape index (κ2) is 9.18. The number of nitrogens with zero attached hydrogens (tertiary/aromatic N) is 1. The molecule has 1 aromatic carbocycles. The smallest absolute Gasteiger partial charge is 0.224 e. The maximum absolute atomic E-state index is 12.1. The molecule has 1 aromatic rings. The molecule has 1 saturated carbocycles. The Balaban J connectivity index is 1.85. The highest BCUT2D eigenvalue weighted by Crippen LogP contribution is 2.23. The summed E-state index contributed by atoms with van der Waals surface area (Å²) >= 11 is 0. The van der Waals surface area contributed by atoms with E-state index < -0.39 is 10.0 Å². The summed E-state index contributed by atoms with van der Waals surface area (Å²) in [5, 5.41) is 2.84. The maximum Gasteiger partial charge on any atom is 0.224 e. The molecule has 5 nitrogen and oxygen atoms in total. The van der Waals surface area contributed by atoms with Gasteiger partial charge < -0.3 is 5.32 Å². The van der Waals surface area contributed by atoms with Crippen molar-refractivity contribution in [3.63, 3.8) is 0 Å². The van der Waals surface area contributed by atoms with Crippen molar-refractivity contribution in [2.45, 2.75) is 51.0 Å². The summed E-state index contributed by atoms with van der Waals surface area (Å²) in [4.78, 5) is 12.0. The van der Waals surface area contributed by atoms with Gasteiger partial charge >= 0.3 is 0 Å². The van der Waals surface area contributed by atoms with E-state index >= 15 is 0 Å². The number of carbonyl (C=O) groups excluding carboxylic acids is 1. The van der Waals surface area contributed by atoms with Crippen LogP contribution in [0.3, 0.4) is 0 Å². The second-order valence-electron chi connectivity index (χ2n) is 6.53. The molecule has 0 radical (unpaired) electrons. The van der Waals surface area contributed by atoms with Crippen LogP contribution in [0.15, 0.2) is 30.3 Å². The van der Waals surface area contributed by atoms with Gasteiger partial charge in [0.15, 0.2) is 0 Å². The van der Waals surface area contributed by atoms with E-state index in [2.05, 4.69) is 5.32 Å². The monoisotopic (exact) mass is 352 g/mol. The normalized spacial score (nSPS) is 16.8. The van der Waals surface area contributed by atoms with E-state index in [0.29, 0.717) is 19.5 Å². The van der Waals surface area contributed by atoms with Crippen LogP contribution in [-0.2, 0) is 21.2 Å². The number of nitrogens with one attached hydrogen (secondary N) is 1. The van der Waals surface area contributed by atoms with Crippen LogP contribution in [-0.4, -0.2) is 44.0 Å². The number of benzene rings is 1. The Labute approximate surface area is 145 Å². The predicted octanol–water partition coefficient (Wildman–Crippen LogP) is 2.33. The molecule has 0 spiro atoms. The lowest BCUT2D eigenvalue weighted by molar-refractivity contribution is -0.120. The summed E-state index contributed by atoms with van der Waals surface area (Å²) in [6.45, 7) is 0.708. The minimum absolute atomic E-state index is 0.0736. The van der Waals surface area contributed by atoms with Gasteiger partial charge in [0, 0.05) is 19.1 Å². The summed E-state index contributed by atoms with van der Waals surface area (Å²) in [7, 11) is -3.26. The summed E-state index contributed by atoms with van der Waals surface area (Å²) in [5.41, 5.74) is 0.957. The largest absolute Gasteiger partial charge is 0.354 e. The minimum Gasteiger partial charge on any atom is -0.354 e. The van der Waals surface area contributed by atoms with E-state index in [1.807, 2.05) is 30.3 Å². The summed E-state index contributed by atoms with van der Waals surface area (Å²) in [5.74, 6) is -0.0736. The van der Waals surface area contributed by atoms with E-state index in [0.717, 1.165) is 31.2 Å². The quantitative estimate of drug-likeness (QED) is 0.766. The van der Waals surface area contributed by atoms with Gasteiger partial charge in [-0.05, 0) is 18.4 Å². The average Bonchev–Trinajstić information content (AvgIpc) is 2.80. The van der Waals surface area contributed by atoms with Crippen molar-refractivity contribution in [3.8, 4) is 0 Å². The van der Waals surface area contributed by atoms with Crippen LogP contribution in [0, 0.1) is 0 Å². The SMILES string of the molecule is CS(=O)(=O)N(CCNC(=O)Cc1ccccc1)C1CCCCCC1. The Hall–Kier alpha value is -1.40. The first-order chi connectivity index (χ1) is 11.5. The van der Waals surface area contributed by atoms with Crippen molar-refractivity contribution in [2.75, 3.05) is 19.3 Å². The number of hydrogen-bond acceptors (Lipinski definition) is 3. The topological polar surface area (TPSA) is 66.5 Å². The van der Waals surface area contributed by atoms with Gasteiger partial charge in [-0.1, -0.05) is 56.0 Å². The van der Waals surface area contributed by atoms with Crippen LogP contribution < -0.4 is 5.32 Å². The number of sulfonamides is 1. The van der Waals surface area contributed by atoms with Crippen molar-refractivity contribution in [2.24, 2.45) is 0 Å². The lowest BCUT2D eigenvalue weighted by Crippen LogP contribution is -2.44. The molecule has 0 heterocycles. The van der Waals surface area contributed by atoms with Crippen molar-refractivity contribution in [1.82, 2.24) is 9.62 Å². The zero-order chi connectivity index (χ0) is 17.4. The maximum atomic E-state index is 12.1. The first kappa shape index (κ1) is 18.9. The van der Waals surface area contributed by atoms with Crippen LogP contribution in [0.1, 0.15) is 44.1 Å². The van der Waals surface area contributed by atoms with Crippen LogP contribution in [0.2, 0.25) is 0 Å². The highest BCUT2D eigenvalue weighted by Gasteiger charge is 2.26. The molecule has 0 atom stereocenters. The number of hydrogen-bond donors (Lipinski definition) is 1. The summed E-state index contributed by atoms with van der Waals surface area (Å²) < 4.78 is 25.8.